The number of hydrazone groups is 1. The first-order valence-electron chi connectivity index (χ1n) is 9.22. The number of benzene rings is 3. The third kappa shape index (κ3) is 5.34. The van der Waals surface area contributed by atoms with Gasteiger partial charge in [0.25, 0.3) is 15.7 Å². The highest BCUT2D eigenvalue weighted by atomic mass is 35.5. The summed E-state index contributed by atoms with van der Waals surface area (Å²) in [5.41, 5.74) is 3.78. The Kier molecular flexibility index (Phi) is 6.96. The maximum Gasteiger partial charge on any atom is 0.270 e. The highest BCUT2D eigenvalue weighted by Gasteiger charge is 2.23. The zero-order chi connectivity index (χ0) is 23.3. The molecule has 0 aromatic heterocycles. The SMILES string of the molecule is COc1ccc(NS(=O)(=O)c2cc([N+](=O)[O-])ccc2N/N=C(/C)c2ccccc2Cl)cc1. The van der Waals surface area contributed by atoms with Gasteiger partial charge < -0.3 is 4.74 Å². The summed E-state index contributed by atoms with van der Waals surface area (Å²) >= 11 is 6.17. The zero-order valence-corrected chi connectivity index (χ0v) is 18.6. The number of sulfonamides is 1. The minimum Gasteiger partial charge on any atom is -0.497 e. The van der Waals surface area contributed by atoms with E-state index in [1.54, 1.807) is 43.3 Å². The molecule has 11 heteroatoms. The standard InChI is InChI=1S/C21H19ClN4O5S/c1-14(18-5-3-4-6-19(18)22)23-24-20-12-9-16(26(27)28)13-21(20)32(29,30)25-15-7-10-17(31-2)11-8-15/h3-13,24-25H,1-2H3/b23-14-. The fourth-order valence-corrected chi connectivity index (χ4v) is 4.28. The van der Waals surface area contributed by atoms with Crippen LogP contribution in [0.5, 0.6) is 5.75 Å². The zero-order valence-electron chi connectivity index (χ0n) is 17.1. The van der Waals surface area contributed by atoms with Crippen LogP contribution in [0.3, 0.4) is 0 Å². The van der Waals surface area contributed by atoms with Gasteiger partial charge in [0.15, 0.2) is 0 Å². The number of ether oxygens (including phenoxy) is 1. The fourth-order valence-electron chi connectivity index (χ4n) is 2.77. The Labute approximate surface area is 189 Å². The van der Waals surface area contributed by atoms with Gasteiger partial charge in [0, 0.05) is 28.4 Å². The molecule has 2 N–H and O–H groups in total. The lowest BCUT2D eigenvalue weighted by Gasteiger charge is -2.13. The largest absolute Gasteiger partial charge is 0.497 e. The van der Waals surface area contributed by atoms with Crippen molar-refractivity contribution < 1.29 is 18.1 Å². The van der Waals surface area contributed by atoms with Crippen molar-refractivity contribution >= 4 is 44.4 Å². The molecule has 3 aromatic rings. The molecule has 0 heterocycles. The number of nitrogens with one attached hydrogen (secondary N) is 2. The number of hydrogen-bond donors (Lipinski definition) is 2. The van der Waals surface area contributed by atoms with Gasteiger partial charge in [0.1, 0.15) is 10.6 Å². The van der Waals surface area contributed by atoms with E-state index in [-0.39, 0.29) is 22.0 Å². The van der Waals surface area contributed by atoms with Crippen LogP contribution < -0.4 is 14.9 Å². The summed E-state index contributed by atoms with van der Waals surface area (Å²) in [4.78, 5) is 10.2. The third-order valence-corrected chi connectivity index (χ3v) is 6.17. The summed E-state index contributed by atoms with van der Waals surface area (Å²) in [7, 11) is -2.70. The van der Waals surface area contributed by atoms with Gasteiger partial charge in [0.2, 0.25) is 0 Å². The second-order valence-electron chi connectivity index (χ2n) is 6.56. The van der Waals surface area contributed by atoms with Crippen LogP contribution in [0.25, 0.3) is 0 Å². The summed E-state index contributed by atoms with van der Waals surface area (Å²) in [6.07, 6.45) is 0. The number of nitro benzene ring substituents is 1. The molecule has 0 saturated heterocycles. The Morgan fingerprint density at radius 2 is 1.78 bits per heavy atom. The van der Waals surface area contributed by atoms with Gasteiger partial charge in [-0.25, -0.2) is 8.42 Å². The number of nitrogens with zero attached hydrogens (tertiary/aromatic N) is 2. The topological polar surface area (TPSA) is 123 Å². The molecule has 0 radical (unpaired) electrons. The van der Waals surface area contributed by atoms with Crippen molar-refractivity contribution in [2.45, 2.75) is 11.8 Å². The second kappa shape index (κ2) is 9.67. The van der Waals surface area contributed by atoms with Crippen molar-refractivity contribution in [1.29, 1.82) is 0 Å². The Balaban J connectivity index is 1.97. The second-order valence-corrected chi connectivity index (χ2v) is 8.62. The minimum atomic E-state index is -4.19. The van der Waals surface area contributed by atoms with Crippen LogP contribution in [0.4, 0.5) is 17.1 Å². The van der Waals surface area contributed by atoms with Crippen molar-refractivity contribution in [3.05, 3.63) is 87.4 Å². The lowest BCUT2D eigenvalue weighted by molar-refractivity contribution is -0.385. The van der Waals surface area contributed by atoms with Crippen LogP contribution in [0.1, 0.15) is 12.5 Å². The van der Waals surface area contributed by atoms with Crippen LogP contribution in [0.15, 0.2) is 76.7 Å². The van der Waals surface area contributed by atoms with E-state index in [9.17, 15) is 18.5 Å². The molecule has 0 atom stereocenters. The summed E-state index contributed by atoms with van der Waals surface area (Å²) in [5.74, 6) is 0.551. The van der Waals surface area contributed by atoms with Gasteiger partial charge in [-0.1, -0.05) is 29.8 Å². The van der Waals surface area contributed by atoms with E-state index in [4.69, 9.17) is 16.3 Å². The lowest BCUT2D eigenvalue weighted by Crippen LogP contribution is -2.15. The molecule has 0 fully saturated rings. The average molecular weight is 475 g/mol. The molecule has 9 nitrogen and oxygen atoms in total. The molecule has 0 bridgehead atoms. The highest BCUT2D eigenvalue weighted by Crippen LogP contribution is 2.29. The van der Waals surface area contributed by atoms with Crippen LogP contribution in [-0.2, 0) is 10.0 Å². The van der Waals surface area contributed by atoms with Gasteiger partial charge in [-0.2, -0.15) is 5.10 Å². The monoisotopic (exact) mass is 474 g/mol. The normalized spacial score (nSPS) is 11.7. The number of nitro groups is 1. The molecule has 166 valence electrons. The molecular formula is C21H19ClN4O5S. The molecule has 32 heavy (non-hydrogen) atoms. The molecular weight excluding hydrogens is 456 g/mol. The predicted octanol–water partition coefficient (Wildman–Crippen LogP) is 4.89. The summed E-state index contributed by atoms with van der Waals surface area (Å²) < 4.78 is 33.6. The first kappa shape index (κ1) is 23.0. The summed E-state index contributed by atoms with van der Waals surface area (Å²) in [5, 5.41) is 15.9. The maximum atomic E-state index is 13.0. The first-order valence-corrected chi connectivity index (χ1v) is 11.1. The lowest BCUT2D eigenvalue weighted by atomic mass is 10.1. The maximum absolute atomic E-state index is 13.0. The number of non-ortho nitro benzene ring substituents is 1. The third-order valence-electron chi connectivity index (χ3n) is 4.42. The van der Waals surface area contributed by atoms with Crippen LogP contribution in [-0.4, -0.2) is 26.2 Å². The van der Waals surface area contributed by atoms with E-state index < -0.39 is 14.9 Å². The van der Waals surface area contributed by atoms with Crippen molar-refractivity contribution in [3.8, 4) is 5.75 Å². The Morgan fingerprint density at radius 3 is 2.41 bits per heavy atom. The first-order chi connectivity index (χ1) is 15.2. The van der Waals surface area contributed by atoms with Crippen molar-refractivity contribution in [2.75, 3.05) is 17.3 Å². The van der Waals surface area contributed by atoms with E-state index in [2.05, 4.69) is 15.2 Å². The predicted molar refractivity (Wildman–Crippen MR) is 124 cm³/mol. The van der Waals surface area contributed by atoms with Gasteiger partial charge in [0.05, 0.1) is 23.4 Å². The van der Waals surface area contributed by atoms with E-state index >= 15 is 0 Å². The fraction of sp³-hybridized carbons (Fsp3) is 0.0952. The summed E-state index contributed by atoms with van der Waals surface area (Å²) in [6, 6.07) is 16.7. The van der Waals surface area contributed by atoms with Crippen molar-refractivity contribution in [1.82, 2.24) is 0 Å². The molecule has 3 aromatic carbocycles. The molecule has 0 saturated carbocycles. The highest BCUT2D eigenvalue weighted by molar-refractivity contribution is 7.92. The summed E-state index contributed by atoms with van der Waals surface area (Å²) in [6.45, 7) is 1.70. The smallest absolute Gasteiger partial charge is 0.270 e. The average Bonchev–Trinajstić information content (AvgIpc) is 2.78. The van der Waals surface area contributed by atoms with Gasteiger partial charge in [-0.15, -0.1) is 0 Å². The van der Waals surface area contributed by atoms with Crippen LogP contribution in [0.2, 0.25) is 5.02 Å². The number of anilines is 2. The molecule has 0 unspecified atom stereocenters. The number of halogens is 1. The molecule has 0 aliphatic carbocycles. The van der Waals surface area contributed by atoms with Crippen molar-refractivity contribution in [3.63, 3.8) is 0 Å². The van der Waals surface area contributed by atoms with Gasteiger partial charge in [-0.05, 0) is 43.3 Å². The molecule has 0 amide bonds. The molecule has 0 spiro atoms. The van der Waals surface area contributed by atoms with Gasteiger partial charge >= 0.3 is 0 Å². The molecule has 3 rings (SSSR count). The minimum absolute atomic E-state index is 0.0583. The van der Waals surface area contributed by atoms with E-state index in [1.165, 1.54) is 31.4 Å². The molecule has 0 aliphatic heterocycles. The molecule has 0 aliphatic rings. The van der Waals surface area contributed by atoms with Gasteiger partial charge in [-0.3, -0.25) is 20.3 Å². The Morgan fingerprint density at radius 1 is 1.09 bits per heavy atom. The number of hydrogen-bond acceptors (Lipinski definition) is 7. The Bertz CT molecular complexity index is 1280. The van der Waals surface area contributed by atoms with E-state index in [0.29, 0.717) is 22.0 Å². The van der Waals surface area contributed by atoms with Crippen molar-refractivity contribution in [2.24, 2.45) is 5.10 Å². The number of rotatable bonds is 8. The number of methoxy groups -OCH3 is 1. The van der Waals surface area contributed by atoms with Crippen LogP contribution in [0, 0.1) is 10.1 Å². The Hall–Kier alpha value is -3.63. The quantitative estimate of drug-likeness (QED) is 0.272. The van der Waals surface area contributed by atoms with E-state index in [1.807, 2.05) is 0 Å². The van der Waals surface area contributed by atoms with E-state index in [0.717, 1.165) is 6.07 Å². The van der Waals surface area contributed by atoms with Crippen LogP contribution >= 0.6 is 11.6 Å².